The first kappa shape index (κ1) is 20.9. The van der Waals surface area contributed by atoms with Crippen LogP contribution in [0, 0.1) is 10.1 Å². The first-order chi connectivity index (χ1) is 12.8. The molecule has 0 unspecified atom stereocenters. The molecule has 1 aliphatic carbocycles. The average molecular weight is 398 g/mol. The molecule has 0 radical (unpaired) electrons. The zero-order chi connectivity index (χ0) is 19.9. The number of hydrogen-bond donors (Lipinski definition) is 3. The van der Waals surface area contributed by atoms with Crippen LogP contribution in [0.3, 0.4) is 0 Å². The van der Waals surface area contributed by atoms with E-state index in [1.807, 2.05) is 6.92 Å². The summed E-state index contributed by atoms with van der Waals surface area (Å²) in [5.41, 5.74) is 0.00856. The van der Waals surface area contributed by atoms with E-state index in [1.165, 1.54) is 25.0 Å². The highest BCUT2D eigenvalue weighted by molar-refractivity contribution is 7.90. The number of nitrogens with zero attached hydrogens (tertiary/aromatic N) is 2. The Balaban J connectivity index is 1.99. The van der Waals surface area contributed by atoms with Crippen molar-refractivity contribution >= 4 is 27.2 Å². The molecule has 1 aliphatic rings. The Morgan fingerprint density at radius 1 is 1.33 bits per heavy atom. The molecule has 0 aromatic heterocycles. The molecule has 1 saturated carbocycles. The molecule has 3 N–H and O–H groups in total. The number of nitro benzene ring substituents is 1. The van der Waals surface area contributed by atoms with Crippen LogP contribution in [0.2, 0.25) is 0 Å². The lowest BCUT2D eigenvalue weighted by molar-refractivity contribution is -0.384. The van der Waals surface area contributed by atoms with Crippen LogP contribution in [0.25, 0.3) is 0 Å². The smallest absolute Gasteiger partial charge is 0.293 e. The van der Waals surface area contributed by atoms with E-state index in [2.05, 4.69) is 20.9 Å². The molecule has 2 rings (SSSR count). The van der Waals surface area contributed by atoms with Gasteiger partial charge >= 0.3 is 0 Å². The number of aliphatic imine (C=N–C) groups is 1. The Bertz CT molecular complexity index is 789. The van der Waals surface area contributed by atoms with E-state index in [4.69, 9.17) is 0 Å². The van der Waals surface area contributed by atoms with Crippen molar-refractivity contribution in [3.63, 3.8) is 0 Å². The molecule has 0 aliphatic heterocycles. The summed E-state index contributed by atoms with van der Waals surface area (Å²) >= 11 is 0. The van der Waals surface area contributed by atoms with Crippen molar-refractivity contribution in [1.29, 1.82) is 0 Å². The Hall–Kier alpha value is -2.36. The normalized spacial score (nSPS) is 15.6. The Morgan fingerprint density at radius 2 is 2.04 bits per heavy atom. The standard InChI is InChI=1S/C17H27N5O4S/c1-3-18-17(21-13-6-4-5-7-13)20-11-10-19-15-9-8-14(27(2,25)26)12-16(15)22(23)24/h8-9,12-13,19H,3-7,10-11H2,1-2H3,(H2,18,20,21). The van der Waals surface area contributed by atoms with Gasteiger partial charge in [0.1, 0.15) is 5.69 Å². The van der Waals surface area contributed by atoms with Gasteiger partial charge in [-0.1, -0.05) is 12.8 Å². The highest BCUT2D eigenvalue weighted by atomic mass is 32.2. The van der Waals surface area contributed by atoms with Gasteiger partial charge < -0.3 is 16.0 Å². The van der Waals surface area contributed by atoms with Crippen molar-refractivity contribution < 1.29 is 13.3 Å². The minimum Gasteiger partial charge on any atom is -0.378 e. The van der Waals surface area contributed by atoms with Crippen LogP contribution in [0.1, 0.15) is 32.6 Å². The Labute approximate surface area is 159 Å². The zero-order valence-corrected chi connectivity index (χ0v) is 16.5. The van der Waals surface area contributed by atoms with Gasteiger partial charge in [-0.2, -0.15) is 0 Å². The maximum Gasteiger partial charge on any atom is 0.293 e. The summed E-state index contributed by atoms with van der Waals surface area (Å²) in [6, 6.07) is 4.30. The van der Waals surface area contributed by atoms with Crippen LogP contribution in [0.5, 0.6) is 0 Å². The first-order valence-electron chi connectivity index (χ1n) is 9.08. The molecule has 150 valence electrons. The molecule has 1 aromatic rings. The largest absolute Gasteiger partial charge is 0.378 e. The lowest BCUT2D eigenvalue weighted by Gasteiger charge is -2.16. The van der Waals surface area contributed by atoms with Gasteiger partial charge in [0.05, 0.1) is 16.4 Å². The van der Waals surface area contributed by atoms with E-state index >= 15 is 0 Å². The van der Waals surface area contributed by atoms with Crippen molar-refractivity contribution in [2.45, 2.75) is 43.5 Å². The minimum atomic E-state index is -3.50. The van der Waals surface area contributed by atoms with Crippen LogP contribution in [-0.2, 0) is 9.84 Å². The van der Waals surface area contributed by atoms with Crippen molar-refractivity contribution in [2.75, 3.05) is 31.2 Å². The average Bonchev–Trinajstić information content (AvgIpc) is 3.10. The zero-order valence-electron chi connectivity index (χ0n) is 15.7. The van der Waals surface area contributed by atoms with E-state index in [0.717, 1.165) is 37.7 Å². The van der Waals surface area contributed by atoms with E-state index in [1.54, 1.807) is 0 Å². The quantitative estimate of drug-likeness (QED) is 0.201. The topological polar surface area (TPSA) is 126 Å². The number of nitro groups is 1. The van der Waals surface area contributed by atoms with Crippen molar-refractivity contribution in [1.82, 2.24) is 10.6 Å². The van der Waals surface area contributed by atoms with Crippen LogP contribution in [-0.4, -0.2) is 51.2 Å². The molecular weight excluding hydrogens is 370 g/mol. The van der Waals surface area contributed by atoms with Gasteiger partial charge in [-0.3, -0.25) is 15.1 Å². The molecule has 10 heteroatoms. The highest BCUT2D eigenvalue weighted by Gasteiger charge is 2.18. The van der Waals surface area contributed by atoms with Gasteiger partial charge in [0.15, 0.2) is 15.8 Å². The van der Waals surface area contributed by atoms with Gasteiger partial charge in [-0.15, -0.1) is 0 Å². The number of benzene rings is 1. The van der Waals surface area contributed by atoms with Gasteiger partial charge in [-0.05, 0) is 31.9 Å². The molecule has 0 saturated heterocycles. The SMILES string of the molecule is CCNC(=NCCNc1ccc(S(C)(=O)=O)cc1[N+](=O)[O-])NC1CCCC1. The van der Waals surface area contributed by atoms with Crippen LogP contribution >= 0.6 is 0 Å². The second-order valence-corrected chi connectivity index (χ2v) is 8.54. The first-order valence-corrected chi connectivity index (χ1v) is 11.0. The van der Waals surface area contributed by atoms with E-state index in [0.29, 0.717) is 19.1 Å². The predicted octanol–water partition coefficient (Wildman–Crippen LogP) is 1.91. The molecule has 0 bridgehead atoms. The third-order valence-corrected chi connectivity index (χ3v) is 5.44. The second kappa shape index (κ2) is 9.54. The summed E-state index contributed by atoms with van der Waals surface area (Å²) in [7, 11) is -3.50. The third kappa shape index (κ3) is 6.38. The Morgan fingerprint density at radius 3 is 2.63 bits per heavy atom. The van der Waals surface area contributed by atoms with Crippen molar-refractivity contribution in [3.8, 4) is 0 Å². The summed E-state index contributed by atoms with van der Waals surface area (Å²) in [4.78, 5) is 15.1. The van der Waals surface area contributed by atoms with Crippen LogP contribution < -0.4 is 16.0 Å². The number of guanidine groups is 1. The lowest BCUT2D eigenvalue weighted by Crippen LogP contribution is -2.42. The fourth-order valence-corrected chi connectivity index (χ4v) is 3.63. The van der Waals surface area contributed by atoms with Crippen LogP contribution in [0.15, 0.2) is 28.1 Å². The summed E-state index contributed by atoms with van der Waals surface area (Å²) in [5, 5.41) is 20.8. The summed E-state index contributed by atoms with van der Waals surface area (Å²) in [5.74, 6) is 0.744. The highest BCUT2D eigenvalue weighted by Crippen LogP contribution is 2.27. The number of anilines is 1. The number of hydrogen-bond acceptors (Lipinski definition) is 6. The van der Waals surface area contributed by atoms with E-state index in [9.17, 15) is 18.5 Å². The second-order valence-electron chi connectivity index (χ2n) is 6.52. The molecule has 0 amide bonds. The lowest BCUT2D eigenvalue weighted by atomic mass is 10.2. The summed E-state index contributed by atoms with van der Waals surface area (Å²) in [6.45, 7) is 3.56. The summed E-state index contributed by atoms with van der Waals surface area (Å²) < 4.78 is 23.2. The minimum absolute atomic E-state index is 0.0760. The number of rotatable bonds is 8. The predicted molar refractivity (Wildman–Crippen MR) is 106 cm³/mol. The van der Waals surface area contributed by atoms with Crippen molar-refractivity contribution in [2.24, 2.45) is 4.99 Å². The molecule has 0 heterocycles. The van der Waals surface area contributed by atoms with E-state index in [-0.39, 0.29) is 16.3 Å². The fraction of sp³-hybridized carbons (Fsp3) is 0.588. The molecule has 0 atom stereocenters. The molecule has 1 fully saturated rings. The number of nitrogens with one attached hydrogen (secondary N) is 3. The molecule has 1 aromatic carbocycles. The van der Waals surface area contributed by atoms with Gasteiger partial charge in [0, 0.05) is 31.5 Å². The van der Waals surface area contributed by atoms with Gasteiger partial charge in [-0.25, -0.2) is 8.42 Å². The molecule has 0 spiro atoms. The maximum atomic E-state index is 11.6. The van der Waals surface area contributed by atoms with E-state index < -0.39 is 14.8 Å². The summed E-state index contributed by atoms with van der Waals surface area (Å²) in [6.07, 6.45) is 5.76. The Kier molecular flexibility index (Phi) is 7.40. The molecule has 9 nitrogen and oxygen atoms in total. The molecular formula is C17H27N5O4S. The molecule has 27 heavy (non-hydrogen) atoms. The monoisotopic (exact) mass is 397 g/mol. The third-order valence-electron chi connectivity index (χ3n) is 4.33. The van der Waals surface area contributed by atoms with Crippen molar-refractivity contribution in [3.05, 3.63) is 28.3 Å². The van der Waals surface area contributed by atoms with Gasteiger partial charge in [0.2, 0.25) is 0 Å². The fourth-order valence-electron chi connectivity index (χ4n) is 2.98. The maximum absolute atomic E-state index is 11.6. The number of sulfone groups is 1. The van der Waals surface area contributed by atoms with Gasteiger partial charge in [0.25, 0.3) is 5.69 Å². The van der Waals surface area contributed by atoms with Crippen LogP contribution in [0.4, 0.5) is 11.4 Å².